The van der Waals surface area contributed by atoms with Gasteiger partial charge in [0.25, 0.3) is 0 Å². The number of aromatic nitrogens is 1. The van der Waals surface area contributed by atoms with Crippen molar-refractivity contribution in [1.29, 1.82) is 0 Å². The van der Waals surface area contributed by atoms with E-state index in [1.807, 2.05) is 12.3 Å². The Kier molecular flexibility index (Phi) is 3.90. The molecule has 2 nitrogen and oxygen atoms in total. The van der Waals surface area contributed by atoms with Gasteiger partial charge in [0.2, 0.25) is 0 Å². The van der Waals surface area contributed by atoms with Gasteiger partial charge in [0.15, 0.2) is 0 Å². The lowest BCUT2D eigenvalue weighted by molar-refractivity contribution is 0.573. The summed E-state index contributed by atoms with van der Waals surface area (Å²) < 4.78 is 1.15. The van der Waals surface area contributed by atoms with E-state index in [1.165, 1.54) is 22.0 Å². The topological polar surface area (TPSA) is 27.8 Å². The maximum Gasteiger partial charge on any atom is 0.0454 e. The van der Waals surface area contributed by atoms with Crippen LogP contribution in [0.25, 0.3) is 10.9 Å². The molecule has 20 heavy (non-hydrogen) atoms. The average molecular weight is 329 g/mol. The number of aromatic amines is 1. The highest BCUT2D eigenvalue weighted by atomic mass is 79.9. The first-order chi connectivity index (χ1) is 9.74. The van der Waals surface area contributed by atoms with Crippen molar-refractivity contribution in [3.63, 3.8) is 0 Å². The van der Waals surface area contributed by atoms with E-state index in [-0.39, 0.29) is 0 Å². The minimum absolute atomic E-state index is 0.312. The van der Waals surface area contributed by atoms with Crippen LogP contribution in [0.1, 0.15) is 24.1 Å². The molecule has 0 radical (unpaired) electrons. The van der Waals surface area contributed by atoms with Crippen LogP contribution in [0.15, 0.2) is 59.2 Å². The van der Waals surface area contributed by atoms with Crippen LogP contribution in [0, 0.1) is 0 Å². The molecule has 0 saturated carbocycles. The van der Waals surface area contributed by atoms with Gasteiger partial charge in [0, 0.05) is 28.8 Å². The highest BCUT2D eigenvalue weighted by Crippen LogP contribution is 2.23. The summed E-state index contributed by atoms with van der Waals surface area (Å²) >= 11 is 3.61. The summed E-state index contributed by atoms with van der Waals surface area (Å²) in [6.45, 7) is 3.05. The summed E-state index contributed by atoms with van der Waals surface area (Å²) in [6.07, 6.45) is 1.98. The van der Waals surface area contributed by atoms with E-state index in [0.717, 1.165) is 11.0 Å². The second-order valence-electron chi connectivity index (χ2n) is 5.02. The van der Waals surface area contributed by atoms with E-state index in [1.54, 1.807) is 0 Å². The van der Waals surface area contributed by atoms with Crippen LogP contribution in [0.5, 0.6) is 0 Å². The molecular weight excluding hydrogens is 312 g/mol. The lowest BCUT2D eigenvalue weighted by Crippen LogP contribution is -2.18. The third kappa shape index (κ3) is 2.79. The van der Waals surface area contributed by atoms with Gasteiger partial charge in [0.1, 0.15) is 0 Å². The zero-order valence-corrected chi connectivity index (χ0v) is 12.9. The highest BCUT2D eigenvalue weighted by molar-refractivity contribution is 9.10. The van der Waals surface area contributed by atoms with Crippen LogP contribution in [-0.4, -0.2) is 4.98 Å². The van der Waals surface area contributed by atoms with Crippen molar-refractivity contribution < 1.29 is 0 Å². The molecule has 0 fully saturated rings. The van der Waals surface area contributed by atoms with Gasteiger partial charge in [-0.05, 0) is 47.7 Å². The molecule has 1 atom stereocenters. The Morgan fingerprint density at radius 3 is 2.85 bits per heavy atom. The first-order valence-electron chi connectivity index (χ1n) is 6.78. The fourth-order valence-electron chi connectivity index (χ4n) is 2.42. The fourth-order valence-corrected chi connectivity index (χ4v) is 3.05. The van der Waals surface area contributed by atoms with Crippen molar-refractivity contribution in [1.82, 2.24) is 10.3 Å². The van der Waals surface area contributed by atoms with Crippen molar-refractivity contribution in [3.05, 3.63) is 70.3 Å². The SMILES string of the molecule is C[C@H](NCc1ccc2[nH]ccc2c1)c1ccccc1Br. The van der Waals surface area contributed by atoms with E-state index in [2.05, 4.69) is 75.6 Å². The van der Waals surface area contributed by atoms with Gasteiger partial charge >= 0.3 is 0 Å². The van der Waals surface area contributed by atoms with E-state index in [0.29, 0.717) is 6.04 Å². The predicted molar refractivity (Wildman–Crippen MR) is 87.7 cm³/mol. The number of nitrogens with one attached hydrogen (secondary N) is 2. The van der Waals surface area contributed by atoms with Gasteiger partial charge in [-0.1, -0.05) is 40.2 Å². The molecule has 2 N–H and O–H groups in total. The van der Waals surface area contributed by atoms with Crippen molar-refractivity contribution in [2.75, 3.05) is 0 Å². The Balaban J connectivity index is 1.71. The fraction of sp³-hybridized carbons (Fsp3) is 0.176. The largest absolute Gasteiger partial charge is 0.361 e. The summed E-state index contributed by atoms with van der Waals surface area (Å²) in [7, 11) is 0. The van der Waals surface area contributed by atoms with Gasteiger partial charge in [-0.2, -0.15) is 0 Å². The van der Waals surface area contributed by atoms with Crippen molar-refractivity contribution >= 4 is 26.8 Å². The number of halogens is 1. The second-order valence-corrected chi connectivity index (χ2v) is 5.88. The average Bonchev–Trinajstić information content (AvgIpc) is 2.92. The summed E-state index contributed by atoms with van der Waals surface area (Å²) in [5, 5.41) is 4.83. The third-order valence-electron chi connectivity index (χ3n) is 3.60. The molecular formula is C17H17BrN2. The summed E-state index contributed by atoms with van der Waals surface area (Å²) in [5.74, 6) is 0. The smallest absolute Gasteiger partial charge is 0.0454 e. The summed E-state index contributed by atoms with van der Waals surface area (Å²) in [6, 6.07) is 17.3. The zero-order valence-electron chi connectivity index (χ0n) is 11.4. The predicted octanol–water partition coefficient (Wildman–Crippen LogP) is 4.78. The monoisotopic (exact) mass is 328 g/mol. The molecule has 3 heteroatoms. The van der Waals surface area contributed by atoms with Crippen LogP contribution in [0.4, 0.5) is 0 Å². The van der Waals surface area contributed by atoms with Crippen LogP contribution in [0.2, 0.25) is 0 Å². The Bertz CT molecular complexity index is 718. The molecule has 0 amide bonds. The van der Waals surface area contributed by atoms with Crippen LogP contribution in [-0.2, 0) is 6.54 Å². The molecule has 3 aromatic rings. The Hall–Kier alpha value is -1.58. The number of H-pyrrole nitrogens is 1. The van der Waals surface area contributed by atoms with Gasteiger partial charge in [-0.3, -0.25) is 0 Å². The minimum atomic E-state index is 0.312. The number of fused-ring (bicyclic) bond motifs is 1. The second kappa shape index (κ2) is 5.81. The molecule has 0 aliphatic carbocycles. The summed E-state index contributed by atoms with van der Waals surface area (Å²) in [5.41, 5.74) is 3.78. The maximum absolute atomic E-state index is 3.61. The molecule has 0 bridgehead atoms. The number of hydrogen-bond donors (Lipinski definition) is 2. The van der Waals surface area contributed by atoms with Gasteiger partial charge in [-0.15, -0.1) is 0 Å². The molecule has 102 valence electrons. The molecule has 0 spiro atoms. The molecule has 2 aromatic carbocycles. The standard InChI is InChI=1S/C17H17BrN2/c1-12(15-4-2-3-5-16(15)18)20-11-13-6-7-17-14(10-13)8-9-19-17/h2-10,12,19-20H,11H2,1H3/t12-/m0/s1. The van der Waals surface area contributed by atoms with Crippen LogP contribution >= 0.6 is 15.9 Å². The van der Waals surface area contributed by atoms with E-state index < -0.39 is 0 Å². The number of benzene rings is 2. The van der Waals surface area contributed by atoms with E-state index in [4.69, 9.17) is 0 Å². The van der Waals surface area contributed by atoms with Gasteiger partial charge in [0.05, 0.1) is 0 Å². The summed E-state index contributed by atoms with van der Waals surface area (Å²) in [4.78, 5) is 3.22. The van der Waals surface area contributed by atoms with Gasteiger partial charge < -0.3 is 10.3 Å². The first-order valence-corrected chi connectivity index (χ1v) is 7.57. The van der Waals surface area contributed by atoms with Crippen molar-refractivity contribution in [2.24, 2.45) is 0 Å². The van der Waals surface area contributed by atoms with Crippen molar-refractivity contribution in [2.45, 2.75) is 19.5 Å². The first kappa shape index (κ1) is 13.4. The quantitative estimate of drug-likeness (QED) is 0.708. The maximum atomic E-state index is 3.61. The lowest BCUT2D eigenvalue weighted by atomic mass is 10.1. The molecule has 1 aromatic heterocycles. The van der Waals surface area contributed by atoms with Crippen LogP contribution in [0.3, 0.4) is 0 Å². The molecule has 1 heterocycles. The zero-order chi connectivity index (χ0) is 13.9. The third-order valence-corrected chi connectivity index (χ3v) is 4.32. The Morgan fingerprint density at radius 2 is 2.00 bits per heavy atom. The molecule has 0 aliphatic rings. The lowest BCUT2D eigenvalue weighted by Gasteiger charge is -2.16. The van der Waals surface area contributed by atoms with E-state index in [9.17, 15) is 0 Å². The van der Waals surface area contributed by atoms with Crippen molar-refractivity contribution in [3.8, 4) is 0 Å². The highest BCUT2D eigenvalue weighted by Gasteiger charge is 2.08. The number of hydrogen-bond acceptors (Lipinski definition) is 1. The molecule has 0 aliphatic heterocycles. The molecule has 0 saturated heterocycles. The molecule has 3 rings (SSSR count). The van der Waals surface area contributed by atoms with Crippen LogP contribution < -0.4 is 5.32 Å². The van der Waals surface area contributed by atoms with Gasteiger partial charge in [-0.25, -0.2) is 0 Å². The normalized spacial score (nSPS) is 12.7. The minimum Gasteiger partial charge on any atom is -0.361 e. The Morgan fingerprint density at radius 1 is 1.15 bits per heavy atom. The number of rotatable bonds is 4. The Labute approximate surface area is 127 Å². The molecule has 0 unspecified atom stereocenters. The van der Waals surface area contributed by atoms with E-state index >= 15 is 0 Å².